The predicted molar refractivity (Wildman–Crippen MR) is 108 cm³/mol. The Kier molecular flexibility index (Phi) is 8.04. The molecule has 1 atom stereocenters. The van der Waals surface area contributed by atoms with E-state index in [-0.39, 0.29) is 11.6 Å². The number of nitrogens with zero attached hydrogens (tertiary/aromatic N) is 2. The zero-order valence-corrected chi connectivity index (χ0v) is 17.3. The second kappa shape index (κ2) is 10.0. The van der Waals surface area contributed by atoms with Crippen molar-refractivity contribution in [2.45, 2.75) is 32.1 Å². The van der Waals surface area contributed by atoms with Gasteiger partial charge in [-0.1, -0.05) is 13.0 Å². The molecule has 0 saturated carbocycles. The summed E-state index contributed by atoms with van der Waals surface area (Å²) in [5, 5.41) is 6.45. The van der Waals surface area contributed by atoms with Crippen LogP contribution in [0.5, 0.6) is 0 Å². The minimum absolute atomic E-state index is 0.108. The van der Waals surface area contributed by atoms with Gasteiger partial charge in [0.1, 0.15) is 5.82 Å². The van der Waals surface area contributed by atoms with Gasteiger partial charge >= 0.3 is 0 Å². The van der Waals surface area contributed by atoms with Gasteiger partial charge in [0.2, 0.25) is 0 Å². The lowest BCUT2D eigenvalue weighted by Crippen LogP contribution is -2.41. The van der Waals surface area contributed by atoms with E-state index in [1.165, 1.54) is 50.4 Å². The van der Waals surface area contributed by atoms with E-state index in [9.17, 15) is 12.8 Å². The van der Waals surface area contributed by atoms with Gasteiger partial charge in [-0.3, -0.25) is 4.99 Å². The lowest BCUT2D eigenvalue weighted by molar-refractivity contribution is 0.287. The van der Waals surface area contributed by atoms with E-state index in [4.69, 9.17) is 0 Å². The Bertz CT molecular complexity index is 746. The fraction of sp³-hybridized carbons (Fsp3) is 0.632. The number of nitrogens with one attached hydrogen (secondary N) is 2. The number of hydrogen-bond acceptors (Lipinski definition) is 4. The smallest absolute Gasteiger partial charge is 0.191 e. The molecular weight excluding hydrogens is 367 g/mol. The molecule has 1 fully saturated rings. The van der Waals surface area contributed by atoms with Gasteiger partial charge in [-0.15, -0.1) is 0 Å². The van der Waals surface area contributed by atoms with Crippen LogP contribution in [0.2, 0.25) is 0 Å². The third-order valence-corrected chi connectivity index (χ3v) is 5.48. The Morgan fingerprint density at radius 3 is 2.59 bits per heavy atom. The molecule has 1 aliphatic rings. The molecule has 1 aromatic rings. The second-order valence-corrected chi connectivity index (χ2v) is 9.54. The van der Waals surface area contributed by atoms with Crippen LogP contribution in [-0.2, 0) is 22.1 Å². The summed E-state index contributed by atoms with van der Waals surface area (Å²) in [6.07, 6.45) is 3.75. The Morgan fingerprint density at radius 1 is 1.26 bits per heavy atom. The Balaban J connectivity index is 1.88. The van der Waals surface area contributed by atoms with Crippen LogP contribution in [0, 0.1) is 11.7 Å². The summed E-state index contributed by atoms with van der Waals surface area (Å²) in [7, 11) is -1.51. The molecule has 1 aromatic carbocycles. The summed E-state index contributed by atoms with van der Waals surface area (Å²) in [5.41, 5.74) is 1.22. The summed E-state index contributed by atoms with van der Waals surface area (Å²) in [5.74, 6) is 0.615. The number of hydrogen-bond donors (Lipinski definition) is 2. The highest BCUT2D eigenvalue weighted by molar-refractivity contribution is 7.89. The Labute approximate surface area is 162 Å². The number of halogens is 1. The summed E-state index contributed by atoms with van der Waals surface area (Å²) < 4.78 is 36.8. The minimum Gasteiger partial charge on any atom is -0.356 e. The summed E-state index contributed by atoms with van der Waals surface area (Å²) in [6, 6.07) is 4.19. The molecule has 0 amide bonds. The quantitative estimate of drug-likeness (QED) is 0.516. The SMILES string of the molecule is CN=C(NCc1cc(F)ccc1CS(C)(=O)=O)NCC(C)CN1CCCC1. The van der Waals surface area contributed by atoms with Crippen molar-refractivity contribution in [3.8, 4) is 0 Å². The lowest BCUT2D eigenvalue weighted by atomic mass is 10.1. The summed E-state index contributed by atoms with van der Waals surface area (Å²) in [4.78, 5) is 6.68. The molecule has 1 unspecified atom stereocenters. The fourth-order valence-corrected chi connectivity index (χ4v) is 4.17. The number of benzene rings is 1. The molecule has 0 radical (unpaired) electrons. The molecule has 8 heteroatoms. The monoisotopic (exact) mass is 398 g/mol. The molecule has 1 aliphatic heterocycles. The van der Waals surface area contributed by atoms with Crippen LogP contribution in [0.1, 0.15) is 30.9 Å². The molecule has 6 nitrogen and oxygen atoms in total. The summed E-state index contributed by atoms with van der Waals surface area (Å²) in [6.45, 7) is 6.72. The number of sulfone groups is 1. The first-order valence-electron chi connectivity index (χ1n) is 9.38. The molecule has 1 heterocycles. The maximum absolute atomic E-state index is 13.6. The maximum Gasteiger partial charge on any atom is 0.191 e. The molecular formula is C19H31FN4O2S. The average Bonchev–Trinajstić information content (AvgIpc) is 3.09. The normalized spacial score (nSPS) is 17.1. The van der Waals surface area contributed by atoms with Crippen molar-refractivity contribution in [2.75, 3.05) is 39.5 Å². The second-order valence-electron chi connectivity index (χ2n) is 7.40. The highest BCUT2D eigenvalue weighted by Gasteiger charge is 2.15. The zero-order chi connectivity index (χ0) is 19.9. The number of rotatable bonds is 8. The van der Waals surface area contributed by atoms with Crippen LogP contribution in [-0.4, -0.2) is 58.8 Å². The molecule has 0 aromatic heterocycles. The highest BCUT2D eigenvalue weighted by Crippen LogP contribution is 2.14. The van der Waals surface area contributed by atoms with Gasteiger partial charge in [-0.2, -0.15) is 0 Å². The van der Waals surface area contributed by atoms with Crippen LogP contribution >= 0.6 is 0 Å². The van der Waals surface area contributed by atoms with Crippen molar-refractivity contribution in [1.82, 2.24) is 15.5 Å². The van der Waals surface area contributed by atoms with Crippen LogP contribution in [0.25, 0.3) is 0 Å². The molecule has 0 aliphatic carbocycles. The van der Waals surface area contributed by atoms with Crippen molar-refractivity contribution in [2.24, 2.45) is 10.9 Å². The van der Waals surface area contributed by atoms with Gasteiger partial charge < -0.3 is 15.5 Å². The first-order valence-corrected chi connectivity index (χ1v) is 11.4. The van der Waals surface area contributed by atoms with E-state index in [1.807, 2.05) is 0 Å². The standard InChI is InChI=1S/C19H31FN4O2S/c1-15(13-24-8-4-5-9-24)11-22-19(21-2)23-12-17-10-18(20)7-6-16(17)14-27(3,25)26/h6-7,10,15H,4-5,8-9,11-14H2,1-3H3,(H2,21,22,23). The summed E-state index contributed by atoms with van der Waals surface area (Å²) >= 11 is 0. The van der Waals surface area contributed by atoms with Gasteiger partial charge in [0.25, 0.3) is 0 Å². The van der Waals surface area contributed by atoms with Gasteiger partial charge in [0.15, 0.2) is 15.8 Å². The lowest BCUT2D eigenvalue weighted by Gasteiger charge is -2.21. The van der Waals surface area contributed by atoms with Gasteiger partial charge in [0.05, 0.1) is 5.75 Å². The van der Waals surface area contributed by atoms with E-state index in [1.54, 1.807) is 7.05 Å². The van der Waals surface area contributed by atoms with E-state index in [0.29, 0.717) is 29.5 Å². The van der Waals surface area contributed by atoms with E-state index in [2.05, 4.69) is 27.4 Å². The van der Waals surface area contributed by atoms with Crippen LogP contribution in [0.15, 0.2) is 23.2 Å². The van der Waals surface area contributed by atoms with E-state index < -0.39 is 9.84 Å². The Hall–Kier alpha value is -1.67. The average molecular weight is 399 g/mol. The van der Waals surface area contributed by atoms with Crippen molar-refractivity contribution in [3.05, 3.63) is 35.1 Å². The van der Waals surface area contributed by atoms with Gasteiger partial charge in [0, 0.05) is 32.9 Å². The zero-order valence-electron chi connectivity index (χ0n) is 16.5. The highest BCUT2D eigenvalue weighted by atomic mass is 32.2. The van der Waals surface area contributed by atoms with Crippen molar-refractivity contribution < 1.29 is 12.8 Å². The largest absolute Gasteiger partial charge is 0.356 e. The molecule has 27 heavy (non-hydrogen) atoms. The predicted octanol–water partition coefficient (Wildman–Crippen LogP) is 1.77. The number of guanidine groups is 1. The Morgan fingerprint density at radius 2 is 1.96 bits per heavy atom. The first-order chi connectivity index (χ1) is 12.8. The van der Waals surface area contributed by atoms with Crippen molar-refractivity contribution in [3.63, 3.8) is 0 Å². The molecule has 2 rings (SSSR count). The van der Waals surface area contributed by atoms with Crippen LogP contribution in [0.3, 0.4) is 0 Å². The van der Waals surface area contributed by atoms with Crippen molar-refractivity contribution >= 4 is 15.8 Å². The van der Waals surface area contributed by atoms with Gasteiger partial charge in [-0.05, 0) is 55.1 Å². The molecule has 152 valence electrons. The maximum atomic E-state index is 13.6. The fourth-order valence-electron chi connectivity index (χ4n) is 3.32. The molecule has 0 spiro atoms. The first kappa shape index (κ1) is 21.6. The number of aliphatic imine (C=N–C) groups is 1. The third-order valence-electron chi connectivity index (χ3n) is 4.64. The molecule has 0 bridgehead atoms. The minimum atomic E-state index is -3.19. The van der Waals surface area contributed by atoms with Crippen LogP contribution < -0.4 is 10.6 Å². The third kappa shape index (κ3) is 7.84. The van der Waals surface area contributed by atoms with Crippen molar-refractivity contribution in [1.29, 1.82) is 0 Å². The number of likely N-dealkylation sites (tertiary alicyclic amines) is 1. The van der Waals surface area contributed by atoms with E-state index >= 15 is 0 Å². The molecule has 1 saturated heterocycles. The van der Waals surface area contributed by atoms with Crippen LogP contribution in [0.4, 0.5) is 4.39 Å². The van der Waals surface area contributed by atoms with E-state index in [0.717, 1.165) is 13.1 Å². The van der Waals surface area contributed by atoms with Gasteiger partial charge in [-0.25, -0.2) is 12.8 Å². The topological polar surface area (TPSA) is 73.8 Å². The molecule has 2 N–H and O–H groups in total.